The maximum absolute atomic E-state index is 11.7. The molecule has 110 valence electrons. The molecule has 0 fully saturated rings. The third-order valence-corrected chi connectivity index (χ3v) is 3.47. The number of nitrogens with one attached hydrogen (secondary N) is 2. The molecule has 0 aliphatic carbocycles. The van der Waals surface area contributed by atoms with Crippen molar-refractivity contribution in [1.29, 1.82) is 5.26 Å². The van der Waals surface area contributed by atoms with Gasteiger partial charge in [-0.15, -0.1) is 10.2 Å². The zero-order chi connectivity index (χ0) is 15.5. The van der Waals surface area contributed by atoms with E-state index in [1.165, 1.54) is 6.20 Å². The van der Waals surface area contributed by atoms with Crippen LogP contribution in [-0.2, 0) is 17.8 Å². The number of fused-ring (bicyclic) bond motifs is 1. The number of nitrogens with zero attached hydrogens (tertiary/aromatic N) is 5. The average Bonchev–Trinajstić information content (AvgIpc) is 3.03. The molecule has 2 N–H and O–H groups in total. The number of amides is 1. The number of likely N-dealkylation sites (N-methyl/N-ethyl adjacent to an activating group) is 1. The number of hydrogen-bond acceptors (Lipinski definition) is 6. The number of aromatic amines is 1. The Morgan fingerprint density at radius 2 is 2.36 bits per heavy atom. The summed E-state index contributed by atoms with van der Waals surface area (Å²) >= 11 is 0. The van der Waals surface area contributed by atoms with Gasteiger partial charge in [-0.05, 0) is 28.5 Å². The van der Waals surface area contributed by atoms with Gasteiger partial charge in [0.2, 0.25) is 11.7 Å². The second-order valence-electron chi connectivity index (χ2n) is 4.96. The number of H-pyrrole nitrogens is 1. The third kappa shape index (κ3) is 2.64. The number of benzene rings is 1. The molecule has 2 heterocycles. The fourth-order valence-electron chi connectivity index (χ4n) is 2.26. The van der Waals surface area contributed by atoms with Crippen molar-refractivity contribution in [2.45, 2.75) is 13.0 Å². The van der Waals surface area contributed by atoms with Crippen molar-refractivity contribution in [2.24, 2.45) is 0 Å². The van der Waals surface area contributed by atoms with Crippen LogP contribution in [0, 0.1) is 11.3 Å². The molecule has 2 aromatic rings. The molecule has 0 radical (unpaired) electrons. The van der Waals surface area contributed by atoms with Crippen molar-refractivity contribution in [3.63, 3.8) is 0 Å². The molecular weight excluding hydrogens is 282 g/mol. The Hall–Kier alpha value is -3.21. The van der Waals surface area contributed by atoms with Gasteiger partial charge in [0.25, 0.3) is 0 Å². The van der Waals surface area contributed by atoms with Crippen LogP contribution in [0.5, 0.6) is 0 Å². The summed E-state index contributed by atoms with van der Waals surface area (Å²) in [5.41, 5.74) is 3.24. The van der Waals surface area contributed by atoms with E-state index in [2.05, 4.69) is 25.9 Å². The summed E-state index contributed by atoms with van der Waals surface area (Å²) in [7, 11) is 1.79. The summed E-state index contributed by atoms with van der Waals surface area (Å²) in [5, 5.41) is 25.4. The van der Waals surface area contributed by atoms with E-state index in [0.717, 1.165) is 16.8 Å². The molecule has 8 nitrogen and oxygen atoms in total. The number of anilines is 1. The second-order valence-corrected chi connectivity index (χ2v) is 4.96. The van der Waals surface area contributed by atoms with Crippen LogP contribution < -0.4 is 5.32 Å². The first-order valence-electron chi connectivity index (χ1n) is 6.64. The van der Waals surface area contributed by atoms with Crippen molar-refractivity contribution < 1.29 is 4.79 Å². The first-order chi connectivity index (χ1) is 10.7. The Morgan fingerprint density at radius 1 is 1.50 bits per heavy atom. The maximum Gasteiger partial charge on any atom is 0.227 e. The number of carbonyl (C=O) groups is 1. The Bertz CT molecular complexity index is 773. The van der Waals surface area contributed by atoms with Crippen molar-refractivity contribution in [1.82, 2.24) is 25.5 Å². The highest BCUT2D eigenvalue weighted by Gasteiger charge is 2.19. The van der Waals surface area contributed by atoms with E-state index in [-0.39, 0.29) is 17.3 Å². The van der Waals surface area contributed by atoms with Crippen molar-refractivity contribution in [3.8, 4) is 6.07 Å². The highest BCUT2D eigenvalue weighted by molar-refractivity contribution is 5.81. The van der Waals surface area contributed by atoms with E-state index in [9.17, 15) is 4.79 Å². The lowest BCUT2D eigenvalue weighted by Crippen LogP contribution is -2.32. The maximum atomic E-state index is 11.7. The van der Waals surface area contributed by atoms with E-state index < -0.39 is 0 Å². The SMILES string of the molecule is CN1Cc2cc(NC=C(C#N)c3nn[nH]n3)ccc2CC1=O. The van der Waals surface area contributed by atoms with Crippen LogP contribution in [0.3, 0.4) is 0 Å². The topological polar surface area (TPSA) is 111 Å². The van der Waals surface area contributed by atoms with E-state index in [1.54, 1.807) is 11.9 Å². The highest BCUT2D eigenvalue weighted by atomic mass is 16.2. The molecule has 1 aliphatic rings. The standard InChI is InChI=1S/C14H13N7O/c1-21-8-10-4-12(3-2-9(10)5-13(21)22)16-7-11(6-15)14-17-19-20-18-14/h2-4,7,16H,5,8H2,1H3,(H,17,18,19,20). The van der Waals surface area contributed by atoms with Gasteiger partial charge < -0.3 is 10.2 Å². The number of hydrogen-bond donors (Lipinski definition) is 2. The number of carbonyl (C=O) groups excluding carboxylic acids is 1. The Morgan fingerprint density at radius 3 is 3.09 bits per heavy atom. The molecule has 0 unspecified atom stereocenters. The summed E-state index contributed by atoms with van der Waals surface area (Å²) in [4.78, 5) is 13.4. The fourth-order valence-corrected chi connectivity index (χ4v) is 2.26. The second kappa shape index (κ2) is 5.65. The van der Waals surface area contributed by atoms with Gasteiger partial charge in [-0.25, -0.2) is 0 Å². The predicted molar refractivity (Wildman–Crippen MR) is 78.0 cm³/mol. The lowest BCUT2D eigenvalue weighted by atomic mass is 9.99. The molecule has 1 amide bonds. The molecule has 1 aromatic heterocycles. The summed E-state index contributed by atoms with van der Waals surface area (Å²) in [6, 6.07) is 7.78. The molecule has 0 bridgehead atoms. The van der Waals surface area contributed by atoms with Gasteiger partial charge in [0.05, 0.1) is 6.42 Å². The molecule has 0 saturated carbocycles. The van der Waals surface area contributed by atoms with Gasteiger partial charge in [0.15, 0.2) is 0 Å². The van der Waals surface area contributed by atoms with Gasteiger partial charge in [-0.3, -0.25) is 4.79 Å². The molecule has 0 spiro atoms. The van der Waals surface area contributed by atoms with Crippen LogP contribution in [0.1, 0.15) is 17.0 Å². The van der Waals surface area contributed by atoms with Crippen LogP contribution in [0.4, 0.5) is 5.69 Å². The summed E-state index contributed by atoms with van der Waals surface area (Å²) in [6.07, 6.45) is 1.96. The molecule has 0 atom stereocenters. The van der Waals surface area contributed by atoms with Gasteiger partial charge >= 0.3 is 0 Å². The minimum Gasteiger partial charge on any atom is -0.360 e. The average molecular weight is 295 g/mol. The number of allylic oxidation sites excluding steroid dienone is 1. The normalized spacial score (nSPS) is 14.5. The van der Waals surface area contributed by atoms with E-state index >= 15 is 0 Å². The molecule has 22 heavy (non-hydrogen) atoms. The Labute approximate surface area is 126 Å². The number of aromatic nitrogens is 4. The number of nitriles is 1. The number of rotatable bonds is 3. The molecule has 0 saturated heterocycles. The smallest absolute Gasteiger partial charge is 0.227 e. The summed E-state index contributed by atoms with van der Waals surface area (Å²) in [5.74, 6) is 0.357. The lowest BCUT2D eigenvalue weighted by Gasteiger charge is -2.25. The minimum atomic E-state index is 0.122. The Kier molecular flexibility index (Phi) is 3.53. The lowest BCUT2D eigenvalue weighted by molar-refractivity contribution is -0.130. The fraction of sp³-hybridized carbons (Fsp3) is 0.214. The molecule has 3 rings (SSSR count). The van der Waals surface area contributed by atoms with Crippen LogP contribution in [0.2, 0.25) is 0 Å². The van der Waals surface area contributed by atoms with Crippen molar-refractivity contribution in [3.05, 3.63) is 41.4 Å². The molecule has 8 heteroatoms. The van der Waals surface area contributed by atoms with Crippen LogP contribution >= 0.6 is 0 Å². The Balaban J connectivity index is 1.81. The minimum absolute atomic E-state index is 0.122. The van der Waals surface area contributed by atoms with Gasteiger partial charge in [-0.1, -0.05) is 6.07 Å². The molecule has 1 aliphatic heterocycles. The van der Waals surface area contributed by atoms with Crippen molar-refractivity contribution in [2.75, 3.05) is 12.4 Å². The number of tetrazole rings is 1. The van der Waals surface area contributed by atoms with Gasteiger partial charge in [0, 0.05) is 25.5 Å². The van der Waals surface area contributed by atoms with E-state index in [1.807, 2.05) is 24.3 Å². The van der Waals surface area contributed by atoms with E-state index in [4.69, 9.17) is 5.26 Å². The van der Waals surface area contributed by atoms with Crippen molar-refractivity contribution >= 4 is 17.2 Å². The van der Waals surface area contributed by atoms with Gasteiger partial charge in [0.1, 0.15) is 11.6 Å². The quantitative estimate of drug-likeness (QED) is 0.806. The largest absolute Gasteiger partial charge is 0.360 e. The third-order valence-electron chi connectivity index (χ3n) is 3.47. The zero-order valence-corrected chi connectivity index (χ0v) is 11.9. The molecule has 1 aromatic carbocycles. The zero-order valence-electron chi connectivity index (χ0n) is 11.9. The molecular formula is C14H13N7O. The predicted octanol–water partition coefficient (Wildman–Crippen LogP) is 0.691. The van der Waals surface area contributed by atoms with E-state index in [0.29, 0.717) is 13.0 Å². The summed E-state index contributed by atoms with van der Waals surface area (Å²) in [6.45, 7) is 0.587. The summed E-state index contributed by atoms with van der Waals surface area (Å²) < 4.78 is 0. The first-order valence-corrected chi connectivity index (χ1v) is 6.64. The van der Waals surface area contributed by atoms with Crippen LogP contribution in [-0.4, -0.2) is 38.5 Å². The van der Waals surface area contributed by atoms with Gasteiger partial charge in [-0.2, -0.15) is 10.5 Å². The van der Waals surface area contributed by atoms with Crippen LogP contribution in [0.15, 0.2) is 24.4 Å². The monoisotopic (exact) mass is 295 g/mol. The van der Waals surface area contributed by atoms with Crippen LogP contribution in [0.25, 0.3) is 5.57 Å². The highest BCUT2D eigenvalue weighted by Crippen LogP contribution is 2.23. The first kappa shape index (κ1) is 13.8.